The zero-order valence-corrected chi connectivity index (χ0v) is 10.6. The van der Waals surface area contributed by atoms with Gasteiger partial charge in [0, 0.05) is 10.9 Å². The van der Waals surface area contributed by atoms with Crippen molar-refractivity contribution in [3.63, 3.8) is 0 Å². The second-order valence-corrected chi connectivity index (χ2v) is 5.34. The van der Waals surface area contributed by atoms with Crippen molar-refractivity contribution in [2.24, 2.45) is 5.92 Å². The van der Waals surface area contributed by atoms with Crippen molar-refractivity contribution < 1.29 is 0 Å². The molecule has 1 aliphatic carbocycles. The van der Waals surface area contributed by atoms with E-state index in [1.807, 2.05) is 11.3 Å². The van der Waals surface area contributed by atoms with Gasteiger partial charge in [0.1, 0.15) is 0 Å². The van der Waals surface area contributed by atoms with Crippen LogP contribution in [0.25, 0.3) is 0 Å². The number of aryl methyl sites for hydroxylation is 1. The molecule has 1 nitrogen and oxygen atoms in total. The Morgan fingerprint density at radius 1 is 1.47 bits per heavy atom. The Morgan fingerprint density at radius 3 is 2.80 bits per heavy atom. The van der Waals surface area contributed by atoms with E-state index >= 15 is 0 Å². The van der Waals surface area contributed by atoms with Gasteiger partial charge in [0.15, 0.2) is 0 Å². The van der Waals surface area contributed by atoms with Crippen LogP contribution in [0.2, 0.25) is 0 Å². The fraction of sp³-hybridized carbons (Fsp3) is 0.692. The van der Waals surface area contributed by atoms with Gasteiger partial charge in [0.2, 0.25) is 0 Å². The number of thiophene rings is 1. The average Bonchev–Trinajstić information content (AvgIpc) is 2.61. The molecule has 2 heteroatoms. The molecule has 0 saturated heterocycles. The van der Waals surface area contributed by atoms with Crippen molar-refractivity contribution in [1.82, 2.24) is 5.32 Å². The molecule has 0 amide bonds. The van der Waals surface area contributed by atoms with Crippen LogP contribution in [-0.4, -0.2) is 6.54 Å². The highest BCUT2D eigenvalue weighted by Crippen LogP contribution is 2.40. The van der Waals surface area contributed by atoms with E-state index in [0.717, 1.165) is 12.5 Å². The maximum atomic E-state index is 3.67. The molecule has 1 unspecified atom stereocenters. The molecule has 1 N–H and O–H groups in total. The van der Waals surface area contributed by atoms with Gasteiger partial charge < -0.3 is 5.32 Å². The molecule has 1 heterocycles. The largest absolute Gasteiger partial charge is 0.309 e. The lowest BCUT2D eigenvalue weighted by Gasteiger charge is -2.34. The Balaban J connectivity index is 2.15. The van der Waals surface area contributed by atoms with Crippen LogP contribution in [0.4, 0.5) is 0 Å². The number of rotatable bonds is 5. The Hall–Kier alpha value is -0.340. The van der Waals surface area contributed by atoms with E-state index in [9.17, 15) is 0 Å². The zero-order valence-electron chi connectivity index (χ0n) is 9.75. The first kappa shape index (κ1) is 11.2. The molecule has 1 aliphatic rings. The number of hydrogen-bond acceptors (Lipinski definition) is 2. The summed E-state index contributed by atoms with van der Waals surface area (Å²) in [5, 5.41) is 5.92. The van der Waals surface area contributed by atoms with Gasteiger partial charge in [-0.3, -0.25) is 0 Å². The third-order valence-corrected chi connectivity index (χ3v) is 4.53. The lowest BCUT2D eigenvalue weighted by atomic mass is 9.78. The van der Waals surface area contributed by atoms with Crippen molar-refractivity contribution in [2.45, 2.75) is 45.6 Å². The molecule has 0 spiro atoms. The topological polar surface area (TPSA) is 12.0 Å². The van der Waals surface area contributed by atoms with E-state index < -0.39 is 0 Å². The van der Waals surface area contributed by atoms with Crippen molar-refractivity contribution >= 4 is 11.3 Å². The average molecular weight is 223 g/mol. The Bertz CT molecular complexity index is 301. The predicted molar refractivity (Wildman–Crippen MR) is 67.5 cm³/mol. The smallest absolute Gasteiger partial charge is 0.0446 e. The summed E-state index contributed by atoms with van der Waals surface area (Å²) in [5.74, 6) is 0.897. The zero-order chi connectivity index (χ0) is 10.7. The van der Waals surface area contributed by atoms with E-state index in [2.05, 4.69) is 30.6 Å². The molecule has 1 atom stereocenters. The van der Waals surface area contributed by atoms with E-state index in [1.54, 1.807) is 10.4 Å². The van der Waals surface area contributed by atoms with Gasteiger partial charge in [-0.1, -0.05) is 20.3 Å². The monoisotopic (exact) mass is 223 g/mol. The molecule has 1 saturated carbocycles. The minimum absolute atomic E-state index is 0.638. The highest BCUT2D eigenvalue weighted by atomic mass is 32.1. The molecule has 0 aromatic carbocycles. The number of nitrogens with one attached hydrogen (secondary N) is 1. The van der Waals surface area contributed by atoms with Crippen LogP contribution >= 0.6 is 11.3 Å². The molecule has 1 aromatic heterocycles. The van der Waals surface area contributed by atoms with Gasteiger partial charge in [-0.25, -0.2) is 0 Å². The van der Waals surface area contributed by atoms with Crippen LogP contribution in [0.15, 0.2) is 11.4 Å². The highest BCUT2D eigenvalue weighted by Gasteiger charge is 2.29. The van der Waals surface area contributed by atoms with Crippen LogP contribution in [0, 0.1) is 5.92 Å². The maximum absolute atomic E-state index is 3.67. The highest BCUT2D eigenvalue weighted by molar-refractivity contribution is 7.10. The SMILES string of the molecule is CCNC(c1sccc1CC)C1CCC1. The summed E-state index contributed by atoms with van der Waals surface area (Å²) in [6, 6.07) is 2.93. The fourth-order valence-corrected chi connectivity index (χ4v) is 3.54. The normalized spacial score (nSPS) is 18.8. The summed E-state index contributed by atoms with van der Waals surface area (Å²) in [4.78, 5) is 1.60. The van der Waals surface area contributed by atoms with Gasteiger partial charge >= 0.3 is 0 Å². The van der Waals surface area contributed by atoms with Gasteiger partial charge in [0.25, 0.3) is 0 Å². The second-order valence-electron chi connectivity index (χ2n) is 4.39. The quantitative estimate of drug-likeness (QED) is 0.801. The molecule has 0 radical (unpaired) electrons. The molecular formula is C13H21NS. The fourth-order valence-electron chi connectivity index (χ4n) is 2.38. The summed E-state index contributed by atoms with van der Waals surface area (Å²) < 4.78 is 0. The van der Waals surface area contributed by atoms with E-state index in [-0.39, 0.29) is 0 Å². The predicted octanol–water partition coefficient (Wildman–Crippen LogP) is 3.76. The third kappa shape index (κ3) is 2.26. The van der Waals surface area contributed by atoms with Gasteiger partial charge in [-0.05, 0) is 48.7 Å². The summed E-state index contributed by atoms with van der Waals surface area (Å²) in [7, 11) is 0. The first-order valence-electron chi connectivity index (χ1n) is 6.16. The van der Waals surface area contributed by atoms with Crippen molar-refractivity contribution in [3.8, 4) is 0 Å². The summed E-state index contributed by atoms with van der Waals surface area (Å²) in [6.07, 6.45) is 5.43. The van der Waals surface area contributed by atoms with Crippen LogP contribution in [0.5, 0.6) is 0 Å². The molecule has 15 heavy (non-hydrogen) atoms. The standard InChI is InChI=1S/C13H21NS/c1-3-10-8-9-15-13(10)12(14-4-2)11-6-5-7-11/h8-9,11-12,14H,3-7H2,1-2H3. The Kier molecular flexibility index (Phi) is 3.81. The minimum atomic E-state index is 0.638. The first-order valence-corrected chi connectivity index (χ1v) is 7.04. The minimum Gasteiger partial charge on any atom is -0.309 e. The van der Waals surface area contributed by atoms with E-state index in [0.29, 0.717) is 6.04 Å². The molecule has 1 fully saturated rings. The van der Waals surface area contributed by atoms with Crippen LogP contribution in [-0.2, 0) is 6.42 Å². The molecule has 0 aliphatic heterocycles. The van der Waals surface area contributed by atoms with Gasteiger partial charge in [0.05, 0.1) is 0 Å². The molecule has 0 bridgehead atoms. The van der Waals surface area contributed by atoms with Crippen molar-refractivity contribution in [2.75, 3.05) is 6.54 Å². The maximum Gasteiger partial charge on any atom is 0.0446 e. The Morgan fingerprint density at radius 2 is 2.27 bits per heavy atom. The summed E-state index contributed by atoms with van der Waals surface area (Å²) >= 11 is 1.94. The van der Waals surface area contributed by atoms with E-state index in [4.69, 9.17) is 0 Å². The van der Waals surface area contributed by atoms with Crippen molar-refractivity contribution in [3.05, 3.63) is 21.9 Å². The van der Waals surface area contributed by atoms with Gasteiger partial charge in [-0.2, -0.15) is 0 Å². The van der Waals surface area contributed by atoms with Crippen LogP contribution < -0.4 is 5.32 Å². The lowest BCUT2D eigenvalue weighted by molar-refractivity contribution is 0.235. The second kappa shape index (κ2) is 5.13. The van der Waals surface area contributed by atoms with Crippen LogP contribution in [0.1, 0.15) is 49.6 Å². The molecular weight excluding hydrogens is 202 g/mol. The van der Waals surface area contributed by atoms with Crippen molar-refractivity contribution in [1.29, 1.82) is 0 Å². The lowest BCUT2D eigenvalue weighted by Crippen LogP contribution is -2.32. The summed E-state index contributed by atoms with van der Waals surface area (Å²) in [5.41, 5.74) is 1.55. The third-order valence-electron chi connectivity index (χ3n) is 3.49. The van der Waals surface area contributed by atoms with E-state index in [1.165, 1.54) is 25.7 Å². The molecule has 84 valence electrons. The molecule has 2 rings (SSSR count). The summed E-state index contributed by atoms with van der Waals surface area (Å²) in [6.45, 7) is 5.56. The Labute approximate surface area is 96.9 Å². The van der Waals surface area contributed by atoms with Crippen LogP contribution in [0.3, 0.4) is 0 Å². The van der Waals surface area contributed by atoms with Gasteiger partial charge in [-0.15, -0.1) is 11.3 Å². The molecule has 1 aromatic rings. The first-order chi connectivity index (χ1) is 7.36. The number of hydrogen-bond donors (Lipinski definition) is 1.